The van der Waals surface area contributed by atoms with Crippen molar-refractivity contribution in [2.24, 2.45) is 22.7 Å². The van der Waals surface area contributed by atoms with Crippen LogP contribution in [0.25, 0.3) is 21.3 Å². The van der Waals surface area contributed by atoms with Gasteiger partial charge in [-0.3, -0.25) is 19.1 Å². The van der Waals surface area contributed by atoms with Gasteiger partial charge in [0.1, 0.15) is 6.10 Å². The van der Waals surface area contributed by atoms with Gasteiger partial charge >= 0.3 is 0 Å². The lowest BCUT2D eigenvalue weighted by Crippen LogP contribution is -2.47. The molecular formula is C37H47N5O6S2. The Balaban J connectivity index is 1.30. The summed E-state index contributed by atoms with van der Waals surface area (Å²) in [6.45, 7) is 13.8. The molecule has 50 heavy (non-hydrogen) atoms. The number of rotatable bonds is 12. The van der Waals surface area contributed by atoms with Crippen molar-refractivity contribution in [1.29, 1.82) is 0 Å². The van der Waals surface area contributed by atoms with E-state index < -0.39 is 44.7 Å². The van der Waals surface area contributed by atoms with Crippen LogP contribution in [-0.4, -0.2) is 78.9 Å². The molecule has 3 heterocycles. The highest BCUT2D eigenvalue weighted by Gasteiger charge is 2.61. The molecule has 1 aliphatic heterocycles. The second kappa shape index (κ2) is 13.0. The molecular weight excluding hydrogens is 675 g/mol. The van der Waals surface area contributed by atoms with Crippen LogP contribution in [0.15, 0.2) is 43.1 Å². The number of pyridine rings is 1. The van der Waals surface area contributed by atoms with E-state index in [0.29, 0.717) is 30.8 Å². The van der Waals surface area contributed by atoms with Crippen LogP contribution >= 0.6 is 11.3 Å². The maximum Gasteiger partial charge on any atom is 0.240 e. The van der Waals surface area contributed by atoms with Crippen LogP contribution in [0, 0.1) is 29.6 Å². The van der Waals surface area contributed by atoms with Crippen molar-refractivity contribution in [2.45, 2.75) is 84.1 Å². The van der Waals surface area contributed by atoms with Gasteiger partial charge in [-0.1, -0.05) is 62.8 Å². The first-order valence-electron chi connectivity index (χ1n) is 17.2. The number of aryl methyl sites for hydroxylation is 1. The molecule has 1 unspecified atom stereocenters. The fourth-order valence-corrected chi connectivity index (χ4v) is 8.85. The van der Waals surface area contributed by atoms with Crippen LogP contribution in [0.1, 0.15) is 65.4 Å². The standard InChI is InChI=1S/C37H47N5O6S2/c1-9-24-17-37(24,34(45)40-50(46,47)26-11-12-26)18-30(43)29-16-25(20-42(29)33(44)22(3)36(4,5)6)48-32-27-13-10-21(2)14-23(27)15-28(39-32)31-19-38-35(49-31)41(7)8/h9-10,13-15,19,22,24-26,29H,1,11-12,16-18,20H2,2-8H3,(H,40,45)/t22-,24?,25-,29+,37-/m1/s1. The normalized spacial score (nSPS) is 24.1. The van der Waals surface area contributed by atoms with Crippen LogP contribution in [0.2, 0.25) is 0 Å². The van der Waals surface area contributed by atoms with E-state index >= 15 is 0 Å². The molecule has 0 bridgehead atoms. The zero-order chi connectivity index (χ0) is 36.3. The predicted octanol–water partition coefficient (Wildman–Crippen LogP) is 5.52. The van der Waals surface area contributed by atoms with Crippen molar-refractivity contribution < 1.29 is 27.5 Å². The number of carbonyl (C=O) groups excluding carboxylic acids is 3. The van der Waals surface area contributed by atoms with Gasteiger partial charge in [0.25, 0.3) is 0 Å². The summed E-state index contributed by atoms with van der Waals surface area (Å²) in [5, 5.41) is 2.03. The minimum atomic E-state index is -3.80. The van der Waals surface area contributed by atoms with Gasteiger partial charge in [0.15, 0.2) is 10.9 Å². The Morgan fingerprint density at radius 3 is 2.54 bits per heavy atom. The second-order valence-corrected chi connectivity index (χ2v) is 18.5. The van der Waals surface area contributed by atoms with Crippen molar-refractivity contribution in [3.63, 3.8) is 0 Å². The number of benzene rings is 1. The van der Waals surface area contributed by atoms with Crippen molar-refractivity contribution in [3.8, 4) is 16.5 Å². The average Bonchev–Trinajstić information content (AvgIpc) is 3.92. The Hall–Kier alpha value is -3.84. The van der Waals surface area contributed by atoms with Crippen molar-refractivity contribution in [3.05, 3.63) is 48.7 Å². The Bertz CT molecular complexity index is 1960. The number of thiazole rings is 1. The molecule has 13 heteroatoms. The summed E-state index contributed by atoms with van der Waals surface area (Å²) < 4.78 is 34.3. The smallest absolute Gasteiger partial charge is 0.240 e. The molecule has 0 radical (unpaired) electrons. The van der Waals surface area contributed by atoms with E-state index in [1.54, 1.807) is 17.2 Å². The molecule has 2 saturated carbocycles. The first-order valence-corrected chi connectivity index (χ1v) is 19.5. The highest BCUT2D eigenvalue weighted by molar-refractivity contribution is 7.90. The third-order valence-electron chi connectivity index (χ3n) is 10.5. The monoisotopic (exact) mass is 721 g/mol. The fraction of sp³-hybridized carbons (Fsp3) is 0.541. The summed E-state index contributed by atoms with van der Waals surface area (Å²) in [6.07, 6.45) is 4.21. The van der Waals surface area contributed by atoms with Crippen LogP contribution in [0.3, 0.4) is 0 Å². The number of sulfonamides is 1. The number of anilines is 1. The number of ketones is 1. The van der Waals surface area contributed by atoms with Crippen LogP contribution < -0.4 is 14.4 Å². The molecule has 1 saturated heterocycles. The van der Waals surface area contributed by atoms with Gasteiger partial charge in [-0.25, -0.2) is 18.4 Å². The lowest BCUT2D eigenvalue weighted by atomic mass is 9.81. The number of hydrogen-bond donors (Lipinski definition) is 1. The number of aromatic nitrogens is 2. The first-order chi connectivity index (χ1) is 23.4. The molecule has 3 fully saturated rings. The lowest BCUT2D eigenvalue weighted by molar-refractivity contribution is -0.144. The number of nitrogens with one attached hydrogen (secondary N) is 1. The molecule has 6 rings (SSSR count). The summed E-state index contributed by atoms with van der Waals surface area (Å²) in [5.41, 5.74) is 0.214. The molecule has 11 nitrogen and oxygen atoms in total. The Kier molecular flexibility index (Phi) is 9.38. The highest BCUT2D eigenvalue weighted by Crippen LogP contribution is 2.57. The topological polar surface area (TPSA) is 139 Å². The molecule has 2 aromatic heterocycles. The average molecular weight is 722 g/mol. The maximum absolute atomic E-state index is 14.3. The van der Waals surface area contributed by atoms with Gasteiger partial charge < -0.3 is 14.5 Å². The quantitative estimate of drug-likeness (QED) is 0.240. The number of nitrogens with zero attached hydrogens (tertiary/aromatic N) is 4. The van der Waals surface area contributed by atoms with E-state index in [4.69, 9.17) is 9.72 Å². The van der Waals surface area contributed by atoms with Crippen LogP contribution in [0.5, 0.6) is 5.88 Å². The Morgan fingerprint density at radius 1 is 1.22 bits per heavy atom. The van der Waals surface area contributed by atoms with Gasteiger partial charge in [-0.05, 0) is 55.0 Å². The molecule has 1 N–H and O–H groups in total. The Morgan fingerprint density at radius 2 is 1.94 bits per heavy atom. The summed E-state index contributed by atoms with van der Waals surface area (Å²) in [7, 11) is 0.0699. The molecule has 3 aliphatic rings. The molecule has 5 atom stereocenters. The molecule has 1 aromatic carbocycles. The third kappa shape index (κ3) is 7.03. The van der Waals surface area contributed by atoms with Crippen molar-refractivity contribution in [1.82, 2.24) is 19.6 Å². The summed E-state index contributed by atoms with van der Waals surface area (Å²) in [4.78, 5) is 55.7. The number of fused-ring (bicyclic) bond motifs is 1. The number of hydrogen-bond acceptors (Lipinski definition) is 10. The number of likely N-dealkylation sites (tertiary alicyclic amines) is 1. The largest absolute Gasteiger partial charge is 0.472 e. The highest BCUT2D eigenvalue weighted by atomic mass is 32.2. The van der Waals surface area contributed by atoms with Gasteiger partial charge in [-0.2, -0.15) is 0 Å². The van der Waals surface area contributed by atoms with E-state index in [1.807, 2.05) is 71.8 Å². The van der Waals surface area contributed by atoms with E-state index in [9.17, 15) is 22.8 Å². The van der Waals surface area contributed by atoms with Gasteiger partial charge in [0.2, 0.25) is 27.7 Å². The fourth-order valence-electron chi connectivity index (χ4n) is 6.67. The van der Waals surface area contributed by atoms with Gasteiger partial charge in [0, 0.05) is 44.4 Å². The van der Waals surface area contributed by atoms with E-state index in [2.05, 4.69) is 22.4 Å². The minimum Gasteiger partial charge on any atom is -0.472 e. The third-order valence-corrected chi connectivity index (χ3v) is 13.5. The zero-order valence-corrected chi connectivity index (χ0v) is 31.5. The molecule has 2 amide bonds. The lowest BCUT2D eigenvalue weighted by Gasteiger charge is -2.33. The zero-order valence-electron chi connectivity index (χ0n) is 29.9. The van der Waals surface area contributed by atoms with Gasteiger partial charge in [0.05, 0.1) is 33.8 Å². The molecule has 3 aromatic rings. The number of ether oxygens (including phenoxy) is 1. The SMILES string of the molecule is C=CC1C[C@]1(CC(=O)[C@@H]1C[C@@H](Oc2nc(-c3cnc(N(C)C)s3)cc3cc(C)ccc23)CN1C(=O)[C@@H](C)C(C)(C)C)C(=O)NS(=O)(=O)C1CC1. The predicted molar refractivity (Wildman–Crippen MR) is 196 cm³/mol. The van der Waals surface area contributed by atoms with Crippen molar-refractivity contribution >= 4 is 54.9 Å². The van der Waals surface area contributed by atoms with E-state index in [0.717, 1.165) is 26.3 Å². The number of carbonyl (C=O) groups is 3. The number of allylic oxidation sites excluding steroid dienone is 1. The van der Waals surface area contributed by atoms with Crippen molar-refractivity contribution in [2.75, 3.05) is 25.5 Å². The summed E-state index contributed by atoms with van der Waals surface area (Å²) >= 11 is 1.52. The van der Waals surface area contributed by atoms with Gasteiger partial charge in [-0.15, -0.1) is 6.58 Å². The first kappa shape index (κ1) is 36.0. The molecule has 0 spiro atoms. The number of Topliss-reactive ketones (excluding diaryl/α,β-unsaturated/α-hetero) is 1. The van der Waals surface area contributed by atoms with Crippen LogP contribution in [0.4, 0.5) is 5.13 Å². The molecule has 2 aliphatic carbocycles. The number of amides is 2. The second-order valence-electron chi connectivity index (χ2n) is 15.5. The summed E-state index contributed by atoms with van der Waals surface area (Å²) in [5.74, 6) is -1.47. The Labute approximate surface area is 298 Å². The van der Waals surface area contributed by atoms with E-state index in [-0.39, 0.29) is 42.4 Å². The molecule has 268 valence electrons. The summed E-state index contributed by atoms with van der Waals surface area (Å²) in [6, 6.07) is 7.20. The van der Waals surface area contributed by atoms with Crippen LogP contribution in [-0.2, 0) is 24.4 Å². The minimum absolute atomic E-state index is 0.167. The maximum atomic E-state index is 14.3. The van der Waals surface area contributed by atoms with E-state index in [1.165, 1.54) is 11.3 Å².